The third-order valence-electron chi connectivity index (χ3n) is 2.19. The maximum atomic E-state index is 5.78. The van der Waals surface area contributed by atoms with Gasteiger partial charge >= 0.3 is 0 Å². The van der Waals surface area contributed by atoms with E-state index in [4.69, 9.17) is 11.6 Å². The molecule has 0 amide bonds. The van der Waals surface area contributed by atoms with Crippen molar-refractivity contribution in [3.8, 4) is 0 Å². The second-order valence-corrected chi connectivity index (χ2v) is 4.87. The molecule has 3 rings (SSSR count). The van der Waals surface area contributed by atoms with Gasteiger partial charge in [0.1, 0.15) is 5.69 Å². The van der Waals surface area contributed by atoms with Crippen molar-refractivity contribution in [2.75, 3.05) is 10.4 Å². The van der Waals surface area contributed by atoms with Crippen molar-refractivity contribution in [2.45, 2.75) is 0 Å². The van der Waals surface area contributed by atoms with Crippen molar-refractivity contribution in [1.29, 1.82) is 0 Å². The predicted molar refractivity (Wildman–Crippen MR) is 72.9 cm³/mol. The summed E-state index contributed by atoms with van der Waals surface area (Å²) in [5, 5.41) is 1.91. The molecule has 0 saturated heterocycles. The lowest BCUT2D eigenvalue weighted by Gasteiger charge is -2.15. The van der Waals surface area contributed by atoms with Gasteiger partial charge in [0.2, 0.25) is 5.28 Å². The zero-order valence-corrected chi connectivity index (χ0v) is 11.3. The second-order valence-electron chi connectivity index (χ2n) is 3.28. The fourth-order valence-corrected chi connectivity index (χ4v) is 1.89. The number of nitrogens with one attached hydrogen (secondary N) is 2. The summed E-state index contributed by atoms with van der Waals surface area (Å²) >= 11 is 7.98. The molecule has 6 nitrogen and oxygen atoms in total. The summed E-state index contributed by atoms with van der Waals surface area (Å²) in [6, 6.07) is 3.85. The van der Waals surface area contributed by atoms with Crippen LogP contribution in [0, 0.1) is 3.57 Å². The van der Waals surface area contributed by atoms with Crippen LogP contribution in [0.25, 0.3) is 0 Å². The Morgan fingerprint density at radius 2 is 2.12 bits per heavy atom. The minimum atomic E-state index is 0.199. The Balaban J connectivity index is 2.03. The smallest absolute Gasteiger partial charge is 0.224 e. The number of hydrogen-bond acceptors (Lipinski definition) is 6. The first-order valence-electron chi connectivity index (χ1n) is 4.70. The van der Waals surface area contributed by atoms with Gasteiger partial charge in [-0.15, -0.1) is 5.53 Å². The van der Waals surface area contributed by atoms with Crippen LogP contribution in [0.3, 0.4) is 0 Å². The van der Waals surface area contributed by atoms with E-state index in [0.717, 1.165) is 15.1 Å². The van der Waals surface area contributed by atoms with E-state index >= 15 is 0 Å². The molecule has 2 N–H and O–H groups in total. The van der Waals surface area contributed by atoms with Crippen molar-refractivity contribution in [3.05, 3.63) is 33.4 Å². The Morgan fingerprint density at radius 1 is 1.24 bits per heavy atom. The van der Waals surface area contributed by atoms with Gasteiger partial charge < -0.3 is 0 Å². The van der Waals surface area contributed by atoms with Crippen LogP contribution in [0.4, 0.5) is 17.3 Å². The molecular weight excluding hydrogens is 354 g/mol. The number of rotatable bonds is 1. The van der Waals surface area contributed by atoms with Gasteiger partial charge in [-0.2, -0.15) is 4.98 Å². The number of aromatic nitrogens is 3. The Labute approximate surface area is 116 Å². The summed E-state index contributed by atoms with van der Waals surface area (Å²) in [7, 11) is 0. The monoisotopic (exact) mass is 360 g/mol. The van der Waals surface area contributed by atoms with Crippen LogP contribution in [0.5, 0.6) is 0 Å². The maximum absolute atomic E-state index is 5.78. The fourth-order valence-electron chi connectivity index (χ4n) is 1.45. The standard InChI is InChI=1S/C9H6ClIN6/c10-9-13-4-6-8(14-9)17(16-15-6)7-2-1-5(11)3-12-7/h1-4,15-16H. The van der Waals surface area contributed by atoms with Gasteiger partial charge in [0.05, 0.1) is 6.20 Å². The number of fused-ring (bicyclic) bond motifs is 1. The molecule has 86 valence electrons. The number of hydrogen-bond donors (Lipinski definition) is 2. The van der Waals surface area contributed by atoms with Gasteiger partial charge in [-0.05, 0) is 46.3 Å². The molecule has 0 unspecified atom stereocenters. The highest BCUT2D eigenvalue weighted by Gasteiger charge is 2.23. The molecule has 0 fully saturated rings. The van der Waals surface area contributed by atoms with Crippen LogP contribution in [0.1, 0.15) is 0 Å². The molecule has 8 heteroatoms. The van der Waals surface area contributed by atoms with E-state index in [1.165, 1.54) is 0 Å². The van der Waals surface area contributed by atoms with E-state index in [-0.39, 0.29) is 5.28 Å². The van der Waals surface area contributed by atoms with Crippen LogP contribution in [0.15, 0.2) is 24.5 Å². The molecule has 0 bridgehead atoms. The van der Waals surface area contributed by atoms with E-state index < -0.39 is 0 Å². The summed E-state index contributed by atoms with van der Waals surface area (Å²) in [5.41, 5.74) is 6.64. The highest BCUT2D eigenvalue weighted by Crippen LogP contribution is 2.31. The number of anilines is 3. The first-order valence-corrected chi connectivity index (χ1v) is 6.15. The molecular formula is C9H6ClIN6. The van der Waals surface area contributed by atoms with Gasteiger partial charge in [-0.3, -0.25) is 5.43 Å². The Morgan fingerprint density at radius 3 is 2.88 bits per heavy atom. The molecule has 17 heavy (non-hydrogen) atoms. The molecule has 0 atom stereocenters. The average Bonchev–Trinajstić information content (AvgIpc) is 2.73. The molecule has 0 saturated carbocycles. The highest BCUT2D eigenvalue weighted by atomic mass is 127. The largest absolute Gasteiger partial charge is 0.298 e. The van der Waals surface area contributed by atoms with Crippen molar-refractivity contribution >= 4 is 51.5 Å². The quantitative estimate of drug-likeness (QED) is 0.600. The minimum Gasteiger partial charge on any atom is -0.298 e. The van der Waals surface area contributed by atoms with E-state index in [0.29, 0.717) is 5.82 Å². The minimum absolute atomic E-state index is 0.199. The number of nitrogens with zero attached hydrogens (tertiary/aromatic N) is 4. The van der Waals surface area contributed by atoms with Crippen LogP contribution < -0.4 is 16.0 Å². The summed E-state index contributed by atoms with van der Waals surface area (Å²) in [6.45, 7) is 0. The van der Waals surface area contributed by atoms with Crippen molar-refractivity contribution in [2.24, 2.45) is 0 Å². The third kappa shape index (κ3) is 2.01. The SMILES string of the molecule is Clc1ncc2c(n1)N(c1ccc(I)cn1)NN2. The topological polar surface area (TPSA) is 66.0 Å². The van der Waals surface area contributed by atoms with Gasteiger partial charge in [0.25, 0.3) is 0 Å². The number of hydrazine groups is 2. The van der Waals surface area contributed by atoms with Crippen LogP contribution >= 0.6 is 34.2 Å². The van der Waals surface area contributed by atoms with Crippen LogP contribution in [0.2, 0.25) is 5.28 Å². The second kappa shape index (κ2) is 4.24. The molecule has 0 radical (unpaired) electrons. The van der Waals surface area contributed by atoms with Gasteiger partial charge in [-0.1, -0.05) is 0 Å². The van der Waals surface area contributed by atoms with Gasteiger partial charge in [0, 0.05) is 9.77 Å². The first kappa shape index (κ1) is 10.9. The Bertz CT molecular complexity index is 560. The van der Waals surface area contributed by atoms with Crippen LogP contribution in [-0.2, 0) is 0 Å². The molecule has 0 aromatic carbocycles. The van der Waals surface area contributed by atoms with Crippen molar-refractivity contribution in [1.82, 2.24) is 20.5 Å². The normalized spacial score (nSPS) is 13.4. The summed E-state index contributed by atoms with van der Waals surface area (Å²) < 4.78 is 1.07. The lowest BCUT2D eigenvalue weighted by molar-refractivity contribution is 0.835. The molecule has 2 aromatic rings. The van der Waals surface area contributed by atoms with Gasteiger partial charge in [0.15, 0.2) is 11.6 Å². The number of halogens is 2. The molecule has 1 aliphatic rings. The lowest BCUT2D eigenvalue weighted by Crippen LogP contribution is -2.32. The molecule has 3 heterocycles. The maximum Gasteiger partial charge on any atom is 0.224 e. The van der Waals surface area contributed by atoms with E-state index in [1.807, 2.05) is 12.1 Å². The zero-order chi connectivity index (χ0) is 11.8. The van der Waals surface area contributed by atoms with Crippen molar-refractivity contribution < 1.29 is 0 Å². The van der Waals surface area contributed by atoms with E-state index in [2.05, 4.69) is 48.5 Å². The molecule has 1 aliphatic heterocycles. The van der Waals surface area contributed by atoms with E-state index in [1.54, 1.807) is 17.4 Å². The highest BCUT2D eigenvalue weighted by molar-refractivity contribution is 14.1. The summed E-state index contributed by atoms with van der Waals surface area (Å²) in [5.74, 6) is 1.38. The molecule has 0 spiro atoms. The van der Waals surface area contributed by atoms with E-state index in [9.17, 15) is 0 Å². The average molecular weight is 361 g/mol. The number of pyridine rings is 1. The summed E-state index contributed by atoms with van der Waals surface area (Å²) in [6.07, 6.45) is 3.39. The zero-order valence-electron chi connectivity index (χ0n) is 8.35. The summed E-state index contributed by atoms with van der Waals surface area (Å²) in [4.78, 5) is 12.3. The lowest BCUT2D eigenvalue weighted by atomic mass is 10.4. The fraction of sp³-hybridized carbons (Fsp3) is 0. The van der Waals surface area contributed by atoms with Crippen molar-refractivity contribution in [3.63, 3.8) is 0 Å². The predicted octanol–water partition coefficient (Wildman–Crippen LogP) is 2.11. The Hall–Kier alpha value is -1.19. The first-order chi connectivity index (χ1) is 8.24. The third-order valence-corrected chi connectivity index (χ3v) is 3.01. The molecule has 0 aliphatic carbocycles. The van der Waals surface area contributed by atoms with Gasteiger partial charge in [-0.25, -0.2) is 15.0 Å². The Kier molecular flexibility index (Phi) is 2.73. The molecule has 2 aromatic heterocycles. The van der Waals surface area contributed by atoms with Crippen LogP contribution in [-0.4, -0.2) is 15.0 Å².